The third-order valence-electron chi connectivity index (χ3n) is 4.97. The van der Waals surface area contributed by atoms with Gasteiger partial charge in [0.1, 0.15) is 6.33 Å². The summed E-state index contributed by atoms with van der Waals surface area (Å²) in [5, 5.41) is 5.85. The van der Waals surface area contributed by atoms with Crippen molar-refractivity contribution in [2.45, 2.75) is 51.2 Å². The van der Waals surface area contributed by atoms with E-state index in [1.807, 2.05) is 6.92 Å². The molecule has 3 heterocycles. The first-order valence-corrected chi connectivity index (χ1v) is 8.58. The highest BCUT2D eigenvalue weighted by Crippen LogP contribution is 2.30. The summed E-state index contributed by atoms with van der Waals surface area (Å²) in [6, 6.07) is -0.0434. The monoisotopic (exact) mass is 344 g/mol. The fourth-order valence-electron chi connectivity index (χ4n) is 3.59. The van der Waals surface area contributed by atoms with Gasteiger partial charge in [-0.3, -0.25) is 9.36 Å². The number of rotatable bonds is 3. The summed E-state index contributed by atoms with van der Waals surface area (Å²) >= 11 is 0. The Bertz CT molecular complexity index is 833. The molecule has 2 aliphatic rings. The lowest BCUT2D eigenvalue weighted by Gasteiger charge is -2.30. The Labute approximate surface area is 144 Å². The molecule has 25 heavy (non-hydrogen) atoms. The molecule has 1 saturated carbocycles. The van der Waals surface area contributed by atoms with Crippen LogP contribution in [0, 0.1) is 12.7 Å². The van der Waals surface area contributed by atoms with Crippen molar-refractivity contribution in [2.24, 2.45) is 5.73 Å². The summed E-state index contributed by atoms with van der Waals surface area (Å²) in [6.07, 6.45) is 7.30. The SMILES string of the molecule is Cc1cn(-c2nc(NC3CCCCC3N)c(F)c3c2C(=O)NC3)cn1. The van der Waals surface area contributed by atoms with Crippen LogP contribution in [0.25, 0.3) is 5.82 Å². The Morgan fingerprint density at radius 2 is 2.20 bits per heavy atom. The zero-order chi connectivity index (χ0) is 17.6. The molecule has 1 amide bonds. The third kappa shape index (κ3) is 2.76. The molecule has 1 aliphatic heterocycles. The zero-order valence-electron chi connectivity index (χ0n) is 14.1. The number of hydrogen-bond acceptors (Lipinski definition) is 5. The topological polar surface area (TPSA) is 97.9 Å². The quantitative estimate of drug-likeness (QED) is 0.786. The van der Waals surface area contributed by atoms with Gasteiger partial charge >= 0.3 is 0 Å². The minimum absolute atomic E-state index is 0.0174. The van der Waals surface area contributed by atoms with Crippen molar-refractivity contribution in [3.63, 3.8) is 0 Å². The molecule has 2 aromatic heterocycles. The van der Waals surface area contributed by atoms with Crippen LogP contribution in [0.4, 0.5) is 10.2 Å². The van der Waals surface area contributed by atoms with Crippen LogP contribution in [0.15, 0.2) is 12.5 Å². The molecule has 0 saturated heterocycles. The van der Waals surface area contributed by atoms with Gasteiger partial charge in [-0.15, -0.1) is 0 Å². The second kappa shape index (κ2) is 6.11. The lowest BCUT2D eigenvalue weighted by Crippen LogP contribution is -2.43. The Morgan fingerprint density at radius 1 is 1.40 bits per heavy atom. The Morgan fingerprint density at radius 3 is 2.92 bits per heavy atom. The number of pyridine rings is 1. The van der Waals surface area contributed by atoms with Gasteiger partial charge in [-0.05, 0) is 19.8 Å². The number of amides is 1. The van der Waals surface area contributed by atoms with Crippen molar-refractivity contribution in [3.05, 3.63) is 35.2 Å². The van der Waals surface area contributed by atoms with E-state index >= 15 is 0 Å². The van der Waals surface area contributed by atoms with Crippen LogP contribution in [0.3, 0.4) is 0 Å². The molecule has 132 valence electrons. The number of nitrogens with two attached hydrogens (primary N) is 1. The largest absolute Gasteiger partial charge is 0.363 e. The smallest absolute Gasteiger partial charge is 0.255 e. The maximum Gasteiger partial charge on any atom is 0.255 e. The molecule has 0 spiro atoms. The number of carbonyl (C=O) groups is 1. The van der Waals surface area contributed by atoms with E-state index < -0.39 is 5.82 Å². The predicted octanol–water partition coefficient (Wildman–Crippen LogP) is 1.64. The number of halogens is 1. The van der Waals surface area contributed by atoms with Gasteiger partial charge in [0.05, 0.1) is 11.3 Å². The number of nitrogens with one attached hydrogen (secondary N) is 2. The molecule has 0 aromatic carbocycles. The molecule has 8 heteroatoms. The molecule has 4 N–H and O–H groups in total. The summed E-state index contributed by atoms with van der Waals surface area (Å²) < 4.78 is 16.6. The van der Waals surface area contributed by atoms with Gasteiger partial charge < -0.3 is 16.4 Å². The van der Waals surface area contributed by atoms with Crippen LogP contribution < -0.4 is 16.4 Å². The molecular weight excluding hydrogens is 323 g/mol. The number of hydrogen-bond donors (Lipinski definition) is 3. The number of aromatic nitrogens is 3. The first-order chi connectivity index (χ1) is 12.0. The molecule has 1 aliphatic carbocycles. The van der Waals surface area contributed by atoms with E-state index in [0.29, 0.717) is 11.4 Å². The number of imidazole rings is 1. The van der Waals surface area contributed by atoms with Crippen LogP contribution in [0.1, 0.15) is 47.3 Å². The maximum absolute atomic E-state index is 14.9. The molecule has 1 fully saturated rings. The summed E-state index contributed by atoms with van der Waals surface area (Å²) in [7, 11) is 0. The number of nitrogens with zero attached hydrogens (tertiary/aromatic N) is 3. The van der Waals surface area contributed by atoms with E-state index in [0.717, 1.165) is 31.4 Å². The minimum Gasteiger partial charge on any atom is -0.363 e. The third-order valence-corrected chi connectivity index (χ3v) is 4.97. The van der Waals surface area contributed by atoms with Gasteiger partial charge in [0.15, 0.2) is 17.5 Å². The van der Waals surface area contributed by atoms with Crippen molar-refractivity contribution in [2.75, 3.05) is 5.32 Å². The number of aryl methyl sites for hydroxylation is 1. The lowest BCUT2D eigenvalue weighted by atomic mass is 9.91. The average molecular weight is 344 g/mol. The molecular formula is C17H21FN6O. The molecule has 0 radical (unpaired) electrons. The van der Waals surface area contributed by atoms with Gasteiger partial charge in [0, 0.05) is 30.4 Å². The van der Waals surface area contributed by atoms with Crippen LogP contribution >= 0.6 is 0 Å². The highest BCUT2D eigenvalue weighted by molar-refractivity contribution is 6.01. The highest BCUT2D eigenvalue weighted by atomic mass is 19.1. The van der Waals surface area contributed by atoms with Gasteiger partial charge in [-0.25, -0.2) is 14.4 Å². The van der Waals surface area contributed by atoms with E-state index in [2.05, 4.69) is 20.6 Å². The predicted molar refractivity (Wildman–Crippen MR) is 91.1 cm³/mol. The summed E-state index contributed by atoms with van der Waals surface area (Å²) in [5.74, 6) is -0.256. The van der Waals surface area contributed by atoms with Crippen molar-refractivity contribution < 1.29 is 9.18 Å². The first kappa shape index (κ1) is 16.0. The Balaban J connectivity index is 1.79. The van der Waals surface area contributed by atoms with E-state index in [1.165, 1.54) is 0 Å². The second-order valence-corrected chi connectivity index (χ2v) is 6.76. The van der Waals surface area contributed by atoms with E-state index in [1.54, 1.807) is 17.1 Å². The van der Waals surface area contributed by atoms with Crippen LogP contribution in [0.5, 0.6) is 0 Å². The Kier molecular flexibility index (Phi) is 3.91. The van der Waals surface area contributed by atoms with Crippen LogP contribution in [0.2, 0.25) is 0 Å². The lowest BCUT2D eigenvalue weighted by molar-refractivity contribution is 0.0965. The van der Waals surface area contributed by atoms with Crippen molar-refractivity contribution in [1.82, 2.24) is 19.9 Å². The maximum atomic E-state index is 14.9. The number of fused-ring (bicyclic) bond motifs is 1. The van der Waals surface area contributed by atoms with E-state index in [-0.39, 0.29) is 35.9 Å². The van der Waals surface area contributed by atoms with E-state index in [4.69, 9.17) is 5.73 Å². The minimum atomic E-state index is -0.480. The van der Waals surface area contributed by atoms with Crippen LogP contribution in [-0.2, 0) is 6.54 Å². The average Bonchev–Trinajstić information content (AvgIpc) is 3.19. The standard InChI is InChI=1S/C17H21FN6O/c1-9-7-24(8-21-9)16-13-10(6-20-17(13)25)14(18)15(23-16)22-12-5-3-2-4-11(12)19/h7-8,11-12H,2-6,19H2,1H3,(H,20,25)(H,22,23). The zero-order valence-corrected chi connectivity index (χ0v) is 14.1. The van der Waals surface area contributed by atoms with Crippen molar-refractivity contribution in [3.8, 4) is 5.82 Å². The molecule has 2 atom stereocenters. The van der Waals surface area contributed by atoms with Gasteiger partial charge in [-0.1, -0.05) is 12.8 Å². The first-order valence-electron chi connectivity index (χ1n) is 8.58. The molecule has 7 nitrogen and oxygen atoms in total. The number of anilines is 1. The fraction of sp³-hybridized carbons (Fsp3) is 0.471. The van der Waals surface area contributed by atoms with Crippen molar-refractivity contribution >= 4 is 11.7 Å². The van der Waals surface area contributed by atoms with Gasteiger partial charge in [-0.2, -0.15) is 0 Å². The molecule has 2 unspecified atom stereocenters. The number of carbonyl (C=O) groups excluding carboxylic acids is 1. The van der Waals surface area contributed by atoms with E-state index in [9.17, 15) is 9.18 Å². The second-order valence-electron chi connectivity index (χ2n) is 6.76. The normalized spacial score (nSPS) is 22.6. The van der Waals surface area contributed by atoms with Gasteiger partial charge in [0.25, 0.3) is 5.91 Å². The highest BCUT2D eigenvalue weighted by Gasteiger charge is 2.32. The van der Waals surface area contributed by atoms with Crippen LogP contribution in [-0.4, -0.2) is 32.5 Å². The molecule has 0 bridgehead atoms. The molecule has 4 rings (SSSR count). The summed E-state index contributed by atoms with van der Waals surface area (Å²) in [6.45, 7) is 2.01. The molecule has 2 aromatic rings. The fourth-order valence-corrected chi connectivity index (χ4v) is 3.59. The summed E-state index contributed by atoms with van der Waals surface area (Å²) in [5.41, 5.74) is 7.58. The Hall–Kier alpha value is -2.48. The van der Waals surface area contributed by atoms with Gasteiger partial charge in [0.2, 0.25) is 0 Å². The summed E-state index contributed by atoms with van der Waals surface area (Å²) in [4.78, 5) is 20.8. The van der Waals surface area contributed by atoms with Crippen molar-refractivity contribution in [1.29, 1.82) is 0 Å².